The molecular weight excluding hydrogens is 290 g/mol. The number of hydrogen-bond donors (Lipinski definition) is 1. The summed E-state index contributed by atoms with van der Waals surface area (Å²) in [5.74, 6) is -0.0131. The van der Waals surface area contributed by atoms with Crippen molar-refractivity contribution in [1.29, 1.82) is 0 Å². The summed E-state index contributed by atoms with van der Waals surface area (Å²) in [7, 11) is -3.62. The highest BCUT2D eigenvalue weighted by Crippen LogP contribution is 2.24. The van der Waals surface area contributed by atoms with E-state index in [4.69, 9.17) is 4.74 Å². The molecule has 1 N–H and O–H groups in total. The summed E-state index contributed by atoms with van der Waals surface area (Å²) in [6, 6.07) is 12.8. The van der Waals surface area contributed by atoms with Crippen LogP contribution in [-0.2, 0) is 14.8 Å². The molecule has 0 saturated carbocycles. The lowest BCUT2D eigenvalue weighted by atomic mass is 10.2. The molecule has 0 spiro atoms. The minimum atomic E-state index is -3.62. The highest BCUT2D eigenvalue weighted by molar-refractivity contribution is 7.92. The third-order valence-corrected chi connectivity index (χ3v) is 4.13. The van der Waals surface area contributed by atoms with Crippen molar-refractivity contribution < 1.29 is 17.9 Å². The van der Waals surface area contributed by atoms with E-state index < -0.39 is 16.0 Å². The smallest absolute Gasteiger partial charge is 0.308 e. The van der Waals surface area contributed by atoms with Gasteiger partial charge in [0.2, 0.25) is 0 Å². The second-order valence-corrected chi connectivity index (χ2v) is 6.17. The van der Waals surface area contributed by atoms with Crippen molar-refractivity contribution in [2.24, 2.45) is 0 Å². The van der Waals surface area contributed by atoms with E-state index >= 15 is 0 Å². The molecule has 6 heteroatoms. The first-order chi connectivity index (χ1) is 9.88. The summed E-state index contributed by atoms with van der Waals surface area (Å²) in [5.41, 5.74) is 1.07. The van der Waals surface area contributed by atoms with E-state index in [0.29, 0.717) is 17.0 Å². The van der Waals surface area contributed by atoms with Gasteiger partial charge in [0, 0.05) is 12.6 Å². The number of ether oxygens (including phenoxy) is 1. The van der Waals surface area contributed by atoms with Crippen LogP contribution in [0.4, 0.5) is 5.69 Å². The second-order valence-electron chi connectivity index (χ2n) is 4.49. The second kappa shape index (κ2) is 5.97. The quantitative estimate of drug-likeness (QED) is 0.696. The molecule has 0 heterocycles. The fourth-order valence-electron chi connectivity index (χ4n) is 1.80. The Morgan fingerprint density at radius 3 is 2.33 bits per heavy atom. The highest BCUT2D eigenvalue weighted by Gasteiger charge is 2.14. The Morgan fingerprint density at radius 1 is 1.10 bits per heavy atom. The molecular formula is C15H15NO4S. The Morgan fingerprint density at radius 2 is 1.76 bits per heavy atom. The van der Waals surface area contributed by atoms with Crippen molar-refractivity contribution in [2.45, 2.75) is 18.7 Å². The molecule has 0 fully saturated rings. The van der Waals surface area contributed by atoms with Gasteiger partial charge in [0.1, 0.15) is 5.75 Å². The number of sulfonamides is 1. The highest BCUT2D eigenvalue weighted by atomic mass is 32.2. The van der Waals surface area contributed by atoms with Crippen LogP contribution >= 0.6 is 0 Å². The van der Waals surface area contributed by atoms with E-state index in [1.165, 1.54) is 19.1 Å². The zero-order chi connectivity index (χ0) is 15.5. The van der Waals surface area contributed by atoms with Crippen LogP contribution < -0.4 is 9.46 Å². The van der Waals surface area contributed by atoms with E-state index in [2.05, 4.69) is 4.72 Å². The largest absolute Gasteiger partial charge is 0.426 e. The van der Waals surface area contributed by atoms with E-state index in [0.717, 1.165) is 0 Å². The summed E-state index contributed by atoms with van der Waals surface area (Å²) in [6.07, 6.45) is 0. The Balaban J connectivity index is 2.24. The fraction of sp³-hybridized carbons (Fsp3) is 0.133. The molecule has 2 rings (SSSR count). The number of rotatable bonds is 4. The summed E-state index contributed by atoms with van der Waals surface area (Å²) in [4.78, 5) is 11.1. The molecule has 0 amide bonds. The third kappa shape index (κ3) is 3.82. The first kappa shape index (κ1) is 15.1. The van der Waals surface area contributed by atoms with Crippen LogP contribution in [0.5, 0.6) is 5.75 Å². The van der Waals surface area contributed by atoms with Crippen LogP contribution in [-0.4, -0.2) is 14.4 Å². The molecule has 5 nitrogen and oxygen atoms in total. The number of anilines is 1. The van der Waals surface area contributed by atoms with Crippen LogP contribution in [0.1, 0.15) is 12.5 Å². The number of hydrogen-bond acceptors (Lipinski definition) is 4. The summed E-state index contributed by atoms with van der Waals surface area (Å²) >= 11 is 0. The Hall–Kier alpha value is -2.34. The predicted molar refractivity (Wildman–Crippen MR) is 79.7 cm³/mol. The van der Waals surface area contributed by atoms with E-state index in [-0.39, 0.29) is 4.90 Å². The van der Waals surface area contributed by atoms with Crippen LogP contribution in [0, 0.1) is 6.92 Å². The molecule has 110 valence electrons. The van der Waals surface area contributed by atoms with Gasteiger partial charge in [-0.1, -0.05) is 18.2 Å². The van der Waals surface area contributed by atoms with Crippen molar-refractivity contribution in [3.05, 3.63) is 54.1 Å². The fourth-order valence-corrected chi connectivity index (χ4v) is 2.87. The first-order valence-electron chi connectivity index (χ1n) is 6.25. The molecule has 2 aromatic rings. The predicted octanol–water partition coefficient (Wildman–Crippen LogP) is 2.72. The van der Waals surface area contributed by atoms with Crippen molar-refractivity contribution >= 4 is 21.7 Å². The molecule has 0 aliphatic carbocycles. The standard InChI is InChI=1S/C15H15NO4S/c1-11-10-13(8-9-15(11)20-12(2)17)16-21(18,19)14-6-4-3-5-7-14/h3-10,16H,1-2H3. The molecule has 2 aromatic carbocycles. The lowest BCUT2D eigenvalue weighted by Gasteiger charge is -2.11. The topological polar surface area (TPSA) is 72.5 Å². The average molecular weight is 305 g/mol. The van der Waals surface area contributed by atoms with Gasteiger partial charge in [-0.05, 0) is 42.8 Å². The van der Waals surface area contributed by atoms with Gasteiger partial charge in [0.15, 0.2) is 0 Å². The number of carbonyl (C=O) groups is 1. The minimum Gasteiger partial charge on any atom is -0.426 e. The molecule has 0 saturated heterocycles. The van der Waals surface area contributed by atoms with Gasteiger partial charge in [-0.15, -0.1) is 0 Å². The van der Waals surface area contributed by atoms with Crippen LogP contribution in [0.15, 0.2) is 53.4 Å². The van der Waals surface area contributed by atoms with Crippen LogP contribution in [0.2, 0.25) is 0 Å². The van der Waals surface area contributed by atoms with Gasteiger partial charge in [0.25, 0.3) is 10.0 Å². The molecule has 0 aromatic heterocycles. The van der Waals surface area contributed by atoms with Crippen molar-refractivity contribution in [3.8, 4) is 5.75 Å². The Labute approximate surface area is 123 Å². The molecule has 0 aliphatic heterocycles. The van der Waals surface area contributed by atoms with Gasteiger partial charge >= 0.3 is 5.97 Å². The summed E-state index contributed by atoms with van der Waals surface area (Å²) < 4.78 is 31.8. The molecule has 0 aliphatic rings. The minimum absolute atomic E-state index is 0.187. The SMILES string of the molecule is CC(=O)Oc1ccc(NS(=O)(=O)c2ccccc2)cc1C. The monoisotopic (exact) mass is 305 g/mol. The Bertz CT molecular complexity index is 754. The number of carbonyl (C=O) groups excluding carboxylic acids is 1. The molecule has 0 radical (unpaired) electrons. The maximum atomic E-state index is 12.2. The normalized spacial score (nSPS) is 11.0. The molecule has 0 bridgehead atoms. The van der Waals surface area contributed by atoms with Crippen molar-refractivity contribution in [1.82, 2.24) is 0 Å². The van der Waals surface area contributed by atoms with Crippen molar-refractivity contribution in [2.75, 3.05) is 4.72 Å². The number of aryl methyl sites for hydroxylation is 1. The summed E-state index contributed by atoms with van der Waals surface area (Å²) in [5, 5.41) is 0. The first-order valence-corrected chi connectivity index (χ1v) is 7.74. The van der Waals surface area contributed by atoms with Gasteiger partial charge in [-0.3, -0.25) is 9.52 Å². The lowest BCUT2D eigenvalue weighted by Crippen LogP contribution is -2.13. The average Bonchev–Trinajstić information content (AvgIpc) is 2.42. The van der Waals surface area contributed by atoms with Crippen molar-refractivity contribution in [3.63, 3.8) is 0 Å². The van der Waals surface area contributed by atoms with Gasteiger partial charge in [0.05, 0.1) is 4.90 Å². The van der Waals surface area contributed by atoms with Gasteiger partial charge in [-0.2, -0.15) is 0 Å². The number of esters is 1. The number of nitrogens with one attached hydrogen (secondary N) is 1. The number of benzene rings is 2. The van der Waals surface area contributed by atoms with Gasteiger partial charge < -0.3 is 4.74 Å². The molecule has 0 atom stereocenters. The zero-order valence-electron chi connectivity index (χ0n) is 11.7. The van der Waals surface area contributed by atoms with E-state index in [9.17, 15) is 13.2 Å². The zero-order valence-corrected chi connectivity index (χ0v) is 12.5. The van der Waals surface area contributed by atoms with E-state index in [1.54, 1.807) is 43.3 Å². The lowest BCUT2D eigenvalue weighted by molar-refractivity contribution is -0.131. The maximum Gasteiger partial charge on any atom is 0.308 e. The van der Waals surface area contributed by atoms with E-state index in [1.807, 2.05) is 0 Å². The molecule has 21 heavy (non-hydrogen) atoms. The van der Waals surface area contributed by atoms with Crippen LogP contribution in [0.25, 0.3) is 0 Å². The molecule has 0 unspecified atom stereocenters. The Kier molecular flexibility index (Phi) is 4.28. The van der Waals surface area contributed by atoms with Gasteiger partial charge in [-0.25, -0.2) is 8.42 Å². The summed E-state index contributed by atoms with van der Waals surface area (Å²) in [6.45, 7) is 3.05. The maximum absolute atomic E-state index is 12.2. The van der Waals surface area contributed by atoms with Crippen LogP contribution in [0.3, 0.4) is 0 Å². The third-order valence-electron chi connectivity index (χ3n) is 2.73.